The van der Waals surface area contributed by atoms with E-state index in [0.29, 0.717) is 29.3 Å². The van der Waals surface area contributed by atoms with Crippen molar-refractivity contribution >= 4 is 41.9 Å². The SMILES string of the molecule is CC(CN)C(=O)OCOC(=O)C(C)(C)Oc1ccc(CCNC(=O)c2ccc(Cl)cc2)cc1.Cl. The maximum absolute atomic E-state index is 12.3. The van der Waals surface area contributed by atoms with Crippen LogP contribution in [0.25, 0.3) is 0 Å². The number of rotatable bonds is 11. The minimum absolute atomic E-state index is 0. The Balaban J connectivity index is 0.00000578. The Labute approximate surface area is 210 Å². The number of hydrogen-bond acceptors (Lipinski definition) is 7. The molecule has 0 heterocycles. The fourth-order valence-corrected chi connectivity index (χ4v) is 2.76. The van der Waals surface area contributed by atoms with E-state index in [0.717, 1.165) is 5.56 Å². The Morgan fingerprint density at radius 3 is 2.24 bits per heavy atom. The molecule has 2 rings (SSSR count). The van der Waals surface area contributed by atoms with Crippen molar-refractivity contribution in [2.75, 3.05) is 19.9 Å². The summed E-state index contributed by atoms with van der Waals surface area (Å²) in [5, 5.41) is 3.43. The summed E-state index contributed by atoms with van der Waals surface area (Å²) in [4.78, 5) is 36.0. The smallest absolute Gasteiger partial charge is 0.352 e. The zero-order chi connectivity index (χ0) is 24.4. The number of nitrogens with two attached hydrogens (primary N) is 1. The lowest BCUT2D eigenvalue weighted by atomic mass is 10.1. The lowest BCUT2D eigenvalue weighted by Crippen LogP contribution is -2.40. The number of hydrogen-bond donors (Lipinski definition) is 2. The highest BCUT2D eigenvalue weighted by Crippen LogP contribution is 2.20. The van der Waals surface area contributed by atoms with Gasteiger partial charge in [-0.2, -0.15) is 0 Å². The Hall–Kier alpha value is -2.81. The molecule has 1 unspecified atom stereocenters. The highest BCUT2D eigenvalue weighted by Gasteiger charge is 2.32. The van der Waals surface area contributed by atoms with Crippen LogP contribution in [-0.2, 0) is 25.5 Å². The van der Waals surface area contributed by atoms with E-state index in [4.69, 9.17) is 31.5 Å². The predicted molar refractivity (Wildman–Crippen MR) is 131 cm³/mol. The Bertz CT molecular complexity index is 949. The largest absolute Gasteiger partial charge is 0.476 e. The molecule has 0 saturated heterocycles. The third-order valence-electron chi connectivity index (χ3n) is 4.74. The molecule has 3 N–H and O–H groups in total. The van der Waals surface area contributed by atoms with Crippen LogP contribution in [0, 0.1) is 5.92 Å². The van der Waals surface area contributed by atoms with Gasteiger partial charge in [-0.05, 0) is 62.2 Å². The highest BCUT2D eigenvalue weighted by molar-refractivity contribution is 6.30. The summed E-state index contributed by atoms with van der Waals surface area (Å²) in [6.45, 7) is 4.83. The summed E-state index contributed by atoms with van der Waals surface area (Å²) in [5.74, 6) is -1.39. The molecule has 186 valence electrons. The number of esters is 2. The first-order valence-electron chi connectivity index (χ1n) is 10.5. The van der Waals surface area contributed by atoms with E-state index in [9.17, 15) is 14.4 Å². The number of carbonyl (C=O) groups excluding carboxylic acids is 3. The monoisotopic (exact) mass is 512 g/mol. The molecule has 1 amide bonds. The standard InChI is InChI=1S/C24H29ClN2O6.ClH/c1-16(14-26)22(29)31-15-32-23(30)24(2,3)33-20-10-4-17(5-11-20)12-13-27-21(28)18-6-8-19(25)9-7-18;/h4-11,16H,12-15,26H2,1-3H3,(H,27,28);1H. The normalized spacial score (nSPS) is 11.6. The van der Waals surface area contributed by atoms with E-state index in [-0.39, 0.29) is 24.9 Å². The van der Waals surface area contributed by atoms with Gasteiger partial charge in [-0.15, -0.1) is 12.4 Å². The van der Waals surface area contributed by atoms with Crippen LogP contribution in [0.15, 0.2) is 48.5 Å². The lowest BCUT2D eigenvalue weighted by molar-refractivity contribution is -0.179. The molecule has 34 heavy (non-hydrogen) atoms. The fourth-order valence-electron chi connectivity index (χ4n) is 2.64. The number of halogens is 2. The summed E-state index contributed by atoms with van der Waals surface area (Å²) in [5.41, 5.74) is 5.62. The predicted octanol–water partition coefficient (Wildman–Crippen LogP) is 3.53. The molecule has 0 aliphatic carbocycles. The van der Waals surface area contributed by atoms with Gasteiger partial charge in [0.05, 0.1) is 5.92 Å². The molecule has 2 aromatic carbocycles. The summed E-state index contributed by atoms with van der Waals surface area (Å²) in [6.07, 6.45) is 0.623. The Morgan fingerprint density at radius 1 is 1.03 bits per heavy atom. The van der Waals surface area contributed by atoms with Gasteiger partial charge in [0, 0.05) is 23.7 Å². The molecule has 0 radical (unpaired) electrons. The van der Waals surface area contributed by atoms with Crippen LogP contribution in [-0.4, -0.2) is 43.3 Å². The van der Waals surface area contributed by atoms with E-state index in [1.54, 1.807) is 57.2 Å². The molecular weight excluding hydrogens is 483 g/mol. The molecular formula is C24H30Cl2N2O6. The zero-order valence-electron chi connectivity index (χ0n) is 19.3. The fraction of sp³-hybridized carbons (Fsp3) is 0.375. The van der Waals surface area contributed by atoms with Gasteiger partial charge in [0.15, 0.2) is 5.60 Å². The summed E-state index contributed by atoms with van der Waals surface area (Å²) in [6, 6.07) is 13.8. The maximum Gasteiger partial charge on any atom is 0.352 e. The highest BCUT2D eigenvalue weighted by atomic mass is 35.5. The van der Waals surface area contributed by atoms with E-state index in [2.05, 4.69) is 5.32 Å². The van der Waals surface area contributed by atoms with E-state index in [1.807, 2.05) is 12.1 Å². The first-order chi connectivity index (χ1) is 15.6. The molecule has 8 nitrogen and oxygen atoms in total. The van der Waals surface area contributed by atoms with Crippen molar-refractivity contribution in [3.63, 3.8) is 0 Å². The van der Waals surface area contributed by atoms with Crippen LogP contribution < -0.4 is 15.8 Å². The second kappa shape index (κ2) is 13.8. The zero-order valence-corrected chi connectivity index (χ0v) is 20.9. The van der Waals surface area contributed by atoms with E-state index >= 15 is 0 Å². The van der Waals surface area contributed by atoms with Gasteiger partial charge >= 0.3 is 11.9 Å². The Morgan fingerprint density at radius 2 is 1.65 bits per heavy atom. The van der Waals surface area contributed by atoms with Crippen molar-refractivity contribution in [1.29, 1.82) is 0 Å². The minimum atomic E-state index is -1.29. The van der Waals surface area contributed by atoms with Crippen LogP contribution in [0.1, 0.15) is 36.7 Å². The quantitative estimate of drug-likeness (QED) is 0.349. The van der Waals surface area contributed by atoms with Gasteiger partial charge < -0.3 is 25.3 Å². The number of benzene rings is 2. The van der Waals surface area contributed by atoms with Crippen LogP contribution in [0.3, 0.4) is 0 Å². The van der Waals surface area contributed by atoms with Crippen molar-refractivity contribution in [3.05, 3.63) is 64.7 Å². The van der Waals surface area contributed by atoms with Gasteiger partial charge in [-0.3, -0.25) is 9.59 Å². The second-order valence-electron chi connectivity index (χ2n) is 7.92. The third kappa shape index (κ3) is 9.21. The maximum atomic E-state index is 12.3. The van der Waals surface area contributed by atoms with Crippen LogP contribution in [0.5, 0.6) is 5.75 Å². The third-order valence-corrected chi connectivity index (χ3v) is 4.99. The summed E-state index contributed by atoms with van der Waals surface area (Å²) >= 11 is 5.83. The van der Waals surface area contributed by atoms with Crippen LogP contribution in [0.2, 0.25) is 5.02 Å². The lowest BCUT2D eigenvalue weighted by Gasteiger charge is -2.24. The molecule has 0 spiro atoms. The van der Waals surface area contributed by atoms with Crippen molar-refractivity contribution in [2.45, 2.75) is 32.8 Å². The number of ether oxygens (including phenoxy) is 3. The molecule has 0 aliphatic heterocycles. The Kier molecular flexibility index (Phi) is 11.9. The number of nitrogens with one attached hydrogen (secondary N) is 1. The van der Waals surface area contributed by atoms with Crippen LogP contribution in [0.4, 0.5) is 0 Å². The molecule has 2 aromatic rings. The minimum Gasteiger partial charge on any atom is -0.476 e. The van der Waals surface area contributed by atoms with Crippen molar-refractivity contribution in [1.82, 2.24) is 5.32 Å². The molecule has 0 aromatic heterocycles. The molecule has 0 aliphatic rings. The molecule has 0 bridgehead atoms. The number of amides is 1. The summed E-state index contributed by atoms with van der Waals surface area (Å²) in [7, 11) is 0. The molecule has 0 saturated carbocycles. The van der Waals surface area contributed by atoms with Crippen molar-refractivity contribution in [3.8, 4) is 5.75 Å². The van der Waals surface area contributed by atoms with Gasteiger partial charge in [0.25, 0.3) is 5.91 Å². The molecule has 10 heteroatoms. The summed E-state index contributed by atoms with van der Waals surface area (Å²) < 4.78 is 15.6. The van der Waals surface area contributed by atoms with Crippen molar-refractivity contribution < 1.29 is 28.6 Å². The first kappa shape index (κ1) is 29.2. The average molecular weight is 513 g/mol. The number of carbonyl (C=O) groups is 3. The second-order valence-corrected chi connectivity index (χ2v) is 8.36. The van der Waals surface area contributed by atoms with Gasteiger partial charge in [-0.25, -0.2) is 4.79 Å². The first-order valence-corrected chi connectivity index (χ1v) is 10.9. The van der Waals surface area contributed by atoms with Crippen LogP contribution >= 0.6 is 24.0 Å². The van der Waals surface area contributed by atoms with Gasteiger partial charge in [0.1, 0.15) is 5.75 Å². The van der Waals surface area contributed by atoms with Gasteiger partial charge in [0.2, 0.25) is 6.79 Å². The van der Waals surface area contributed by atoms with Crippen molar-refractivity contribution in [2.24, 2.45) is 11.7 Å². The molecule has 0 fully saturated rings. The molecule has 1 atom stereocenters. The average Bonchev–Trinajstić information content (AvgIpc) is 2.79. The van der Waals surface area contributed by atoms with E-state index in [1.165, 1.54) is 0 Å². The topological polar surface area (TPSA) is 117 Å². The van der Waals surface area contributed by atoms with Gasteiger partial charge in [-0.1, -0.05) is 30.7 Å². The van der Waals surface area contributed by atoms with E-state index < -0.39 is 30.3 Å².